The highest BCUT2D eigenvalue weighted by Crippen LogP contribution is 2.12. The van der Waals surface area contributed by atoms with Gasteiger partial charge < -0.3 is 10.4 Å². The number of pyridine rings is 1. The normalized spacial score (nSPS) is 12.1. The van der Waals surface area contributed by atoms with E-state index in [0.29, 0.717) is 6.54 Å². The smallest absolute Gasteiger partial charge is 0.303 e. The van der Waals surface area contributed by atoms with Crippen LogP contribution in [-0.2, 0) is 4.79 Å². The highest BCUT2D eigenvalue weighted by Gasteiger charge is 2.07. The van der Waals surface area contributed by atoms with Gasteiger partial charge in [-0.15, -0.1) is 0 Å². The lowest BCUT2D eigenvalue weighted by Crippen LogP contribution is -2.15. The predicted molar refractivity (Wildman–Crippen MR) is 58.9 cm³/mol. The lowest BCUT2D eigenvalue weighted by atomic mass is 10.1. The molecule has 0 aliphatic carbocycles. The zero-order valence-electron chi connectivity index (χ0n) is 9.03. The Bertz CT molecular complexity index is 339. The van der Waals surface area contributed by atoms with Crippen LogP contribution < -0.4 is 5.32 Å². The number of aromatic nitrogens is 1. The van der Waals surface area contributed by atoms with Crippen molar-refractivity contribution in [2.75, 3.05) is 11.9 Å². The van der Waals surface area contributed by atoms with Crippen LogP contribution in [0.1, 0.15) is 18.9 Å². The molecule has 0 aliphatic rings. The Hall–Kier alpha value is -1.58. The van der Waals surface area contributed by atoms with E-state index in [9.17, 15) is 4.79 Å². The highest BCUT2D eigenvalue weighted by molar-refractivity contribution is 5.67. The van der Waals surface area contributed by atoms with Crippen LogP contribution in [0.4, 0.5) is 5.69 Å². The van der Waals surface area contributed by atoms with Gasteiger partial charge in [-0.2, -0.15) is 0 Å². The van der Waals surface area contributed by atoms with Crippen LogP contribution in [0.5, 0.6) is 0 Å². The Labute approximate surface area is 89.3 Å². The summed E-state index contributed by atoms with van der Waals surface area (Å²) in [5.74, 6) is -0.634. The zero-order chi connectivity index (χ0) is 11.3. The maximum atomic E-state index is 10.5. The number of rotatable bonds is 5. The second kappa shape index (κ2) is 5.34. The summed E-state index contributed by atoms with van der Waals surface area (Å²) < 4.78 is 0. The lowest BCUT2D eigenvalue weighted by molar-refractivity contribution is -0.137. The van der Waals surface area contributed by atoms with Crippen molar-refractivity contribution in [3.05, 3.63) is 24.0 Å². The largest absolute Gasteiger partial charge is 0.481 e. The third kappa shape index (κ3) is 3.97. The summed E-state index contributed by atoms with van der Waals surface area (Å²) >= 11 is 0. The molecule has 0 amide bonds. The molecule has 0 aromatic carbocycles. The molecule has 15 heavy (non-hydrogen) atoms. The molecule has 1 atom stereocenters. The molecule has 4 heteroatoms. The first-order valence-electron chi connectivity index (χ1n) is 4.96. The first-order valence-corrected chi connectivity index (χ1v) is 4.96. The summed E-state index contributed by atoms with van der Waals surface area (Å²) in [4.78, 5) is 14.4. The van der Waals surface area contributed by atoms with Crippen molar-refractivity contribution in [3.63, 3.8) is 0 Å². The molecule has 1 heterocycles. The van der Waals surface area contributed by atoms with Crippen LogP contribution in [0.25, 0.3) is 0 Å². The van der Waals surface area contributed by atoms with E-state index in [0.717, 1.165) is 11.3 Å². The van der Waals surface area contributed by atoms with E-state index in [4.69, 9.17) is 5.11 Å². The minimum absolute atomic E-state index is 0.120. The molecule has 0 fully saturated rings. The van der Waals surface area contributed by atoms with Crippen LogP contribution in [0.3, 0.4) is 0 Å². The molecule has 0 bridgehead atoms. The van der Waals surface area contributed by atoms with Gasteiger partial charge in [0.25, 0.3) is 0 Å². The maximum absolute atomic E-state index is 10.5. The topological polar surface area (TPSA) is 62.2 Å². The van der Waals surface area contributed by atoms with Gasteiger partial charge in [-0.05, 0) is 24.5 Å². The van der Waals surface area contributed by atoms with Gasteiger partial charge in [0.05, 0.1) is 0 Å². The fraction of sp³-hybridized carbons (Fsp3) is 0.455. The molecule has 1 unspecified atom stereocenters. The van der Waals surface area contributed by atoms with Gasteiger partial charge in [-0.3, -0.25) is 9.78 Å². The Morgan fingerprint density at radius 2 is 2.40 bits per heavy atom. The van der Waals surface area contributed by atoms with Gasteiger partial charge in [-0.1, -0.05) is 6.92 Å². The quantitative estimate of drug-likeness (QED) is 0.776. The number of aliphatic carboxylic acids is 1. The summed E-state index contributed by atoms with van der Waals surface area (Å²) in [5.41, 5.74) is 2.09. The third-order valence-electron chi connectivity index (χ3n) is 2.18. The van der Waals surface area contributed by atoms with E-state index in [1.807, 2.05) is 19.9 Å². The highest BCUT2D eigenvalue weighted by atomic mass is 16.4. The monoisotopic (exact) mass is 208 g/mol. The van der Waals surface area contributed by atoms with Crippen molar-refractivity contribution in [3.8, 4) is 0 Å². The van der Waals surface area contributed by atoms with Crippen LogP contribution in [0.2, 0.25) is 0 Å². The van der Waals surface area contributed by atoms with Crippen molar-refractivity contribution in [1.82, 2.24) is 4.98 Å². The molecule has 0 radical (unpaired) electrons. The number of carbonyl (C=O) groups is 1. The number of hydrogen-bond donors (Lipinski definition) is 2. The molecular weight excluding hydrogens is 192 g/mol. The minimum Gasteiger partial charge on any atom is -0.481 e. The van der Waals surface area contributed by atoms with Gasteiger partial charge >= 0.3 is 5.97 Å². The maximum Gasteiger partial charge on any atom is 0.303 e. The van der Waals surface area contributed by atoms with E-state index in [1.54, 1.807) is 12.4 Å². The van der Waals surface area contributed by atoms with E-state index in [-0.39, 0.29) is 12.3 Å². The molecule has 0 spiro atoms. The van der Waals surface area contributed by atoms with E-state index in [2.05, 4.69) is 10.3 Å². The lowest BCUT2D eigenvalue weighted by Gasteiger charge is -2.12. The van der Waals surface area contributed by atoms with Gasteiger partial charge in [0, 0.05) is 31.0 Å². The van der Waals surface area contributed by atoms with Gasteiger partial charge in [-0.25, -0.2) is 0 Å². The Balaban J connectivity index is 2.43. The standard InChI is InChI=1S/C11H16N2O2/c1-8(5-11(14)15)6-13-10-3-4-12-7-9(10)2/h3-4,7-8H,5-6H2,1-2H3,(H,12,13)(H,14,15). The summed E-state index contributed by atoms with van der Waals surface area (Å²) in [6.07, 6.45) is 3.69. The molecule has 1 aromatic rings. The molecule has 82 valence electrons. The molecule has 1 rings (SSSR count). The molecule has 0 saturated carbocycles. The number of nitrogens with zero attached hydrogens (tertiary/aromatic N) is 1. The zero-order valence-corrected chi connectivity index (χ0v) is 9.03. The Kier molecular flexibility index (Phi) is 4.09. The predicted octanol–water partition coefficient (Wildman–Crippen LogP) is 1.91. The molecular formula is C11H16N2O2. The fourth-order valence-electron chi connectivity index (χ4n) is 1.33. The molecule has 2 N–H and O–H groups in total. The number of hydrogen-bond acceptors (Lipinski definition) is 3. The van der Waals surface area contributed by atoms with Gasteiger partial charge in [0.1, 0.15) is 0 Å². The molecule has 0 saturated heterocycles. The van der Waals surface area contributed by atoms with Gasteiger partial charge in [0.15, 0.2) is 0 Å². The van der Waals surface area contributed by atoms with E-state index in [1.165, 1.54) is 0 Å². The van der Waals surface area contributed by atoms with Crippen LogP contribution in [0, 0.1) is 12.8 Å². The summed E-state index contributed by atoms with van der Waals surface area (Å²) in [6.45, 7) is 4.55. The SMILES string of the molecule is Cc1cnccc1NCC(C)CC(=O)O. The molecule has 0 aliphatic heterocycles. The second-order valence-electron chi connectivity index (χ2n) is 3.77. The average molecular weight is 208 g/mol. The number of carboxylic acid groups (broad SMARTS) is 1. The van der Waals surface area contributed by atoms with Crippen molar-refractivity contribution in [2.24, 2.45) is 5.92 Å². The van der Waals surface area contributed by atoms with Gasteiger partial charge in [0.2, 0.25) is 0 Å². The summed E-state index contributed by atoms with van der Waals surface area (Å²) in [7, 11) is 0. The third-order valence-corrected chi connectivity index (χ3v) is 2.18. The Morgan fingerprint density at radius 3 is 3.00 bits per heavy atom. The van der Waals surface area contributed by atoms with Crippen LogP contribution in [0.15, 0.2) is 18.5 Å². The summed E-state index contributed by atoms with van der Waals surface area (Å²) in [6, 6.07) is 1.89. The van der Waals surface area contributed by atoms with Crippen molar-refractivity contribution < 1.29 is 9.90 Å². The first-order chi connectivity index (χ1) is 7.09. The fourth-order valence-corrected chi connectivity index (χ4v) is 1.33. The first kappa shape index (κ1) is 11.5. The molecule has 4 nitrogen and oxygen atoms in total. The average Bonchev–Trinajstić information content (AvgIpc) is 2.15. The number of anilines is 1. The van der Waals surface area contributed by atoms with Crippen molar-refractivity contribution in [2.45, 2.75) is 20.3 Å². The van der Waals surface area contributed by atoms with Crippen LogP contribution >= 0.6 is 0 Å². The minimum atomic E-state index is -0.754. The number of aryl methyl sites for hydroxylation is 1. The number of carboxylic acids is 1. The van der Waals surface area contributed by atoms with Crippen molar-refractivity contribution in [1.29, 1.82) is 0 Å². The Morgan fingerprint density at radius 1 is 1.67 bits per heavy atom. The second-order valence-corrected chi connectivity index (χ2v) is 3.77. The summed E-state index contributed by atoms with van der Waals surface area (Å²) in [5, 5.41) is 11.8. The van der Waals surface area contributed by atoms with Crippen LogP contribution in [-0.4, -0.2) is 22.6 Å². The van der Waals surface area contributed by atoms with E-state index < -0.39 is 5.97 Å². The molecule has 1 aromatic heterocycles. The van der Waals surface area contributed by atoms with E-state index >= 15 is 0 Å². The number of nitrogens with one attached hydrogen (secondary N) is 1. The van der Waals surface area contributed by atoms with Crippen molar-refractivity contribution >= 4 is 11.7 Å².